The topological polar surface area (TPSA) is 84.5 Å². The molecule has 2 N–H and O–H groups in total. The monoisotopic (exact) mass is 306 g/mol. The Bertz CT molecular complexity index is 543. The molecule has 0 heterocycles. The molecule has 120 valence electrons. The summed E-state index contributed by atoms with van der Waals surface area (Å²) in [5.41, 5.74) is 1.83. The molecule has 0 aromatic heterocycles. The van der Waals surface area contributed by atoms with Gasteiger partial charge in [-0.15, -0.1) is 0 Å². The average molecular weight is 306 g/mol. The maximum atomic E-state index is 11.7. The van der Waals surface area contributed by atoms with Gasteiger partial charge in [0, 0.05) is 6.04 Å². The van der Waals surface area contributed by atoms with Crippen molar-refractivity contribution >= 4 is 17.9 Å². The van der Waals surface area contributed by atoms with E-state index >= 15 is 0 Å². The summed E-state index contributed by atoms with van der Waals surface area (Å²) in [6.45, 7) is 5.17. The first-order chi connectivity index (χ1) is 10.4. The highest BCUT2D eigenvalue weighted by Gasteiger charge is 2.13. The fraction of sp³-hybridized carbons (Fsp3) is 0.438. The Balaban J connectivity index is 2.33. The van der Waals surface area contributed by atoms with E-state index in [1.54, 1.807) is 0 Å². The van der Waals surface area contributed by atoms with Gasteiger partial charge < -0.3 is 10.1 Å². The number of esters is 1. The van der Waals surface area contributed by atoms with Crippen LogP contribution in [0.5, 0.6) is 0 Å². The Kier molecular flexibility index (Phi) is 7.08. The fourth-order valence-electron chi connectivity index (χ4n) is 1.69. The van der Waals surface area contributed by atoms with Crippen LogP contribution < -0.4 is 10.6 Å². The van der Waals surface area contributed by atoms with Crippen LogP contribution in [0.15, 0.2) is 24.3 Å². The quantitative estimate of drug-likeness (QED) is 0.784. The van der Waals surface area contributed by atoms with Gasteiger partial charge in [0.2, 0.25) is 0 Å². The number of amides is 3. The van der Waals surface area contributed by atoms with Crippen LogP contribution in [0.4, 0.5) is 4.79 Å². The molecule has 0 radical (unpaired) electrons. The van der Waals surface area contributed by atoms with Crippen LogP contribution in [0.2, 0.25) is 0 Å². The molecule has 0 aliphatic carbocycles. The third-order valence-corrected chi connectivity index (χ3v) is 3.20. The molecule has 0 saturated heterocycles. The summed E-state index contributed by atoms with van der Waals surface area (Å²) in [5, 5.41) is 4.69. The lowest BCUT2D eigenvalue weighted by molar-refractivity contribution is -0.147. The van der Waals surface area contributed by atoms with Crippen LogP contribution in [0.3, 0.4) is 0 Å². The zero-order valence-electron chi connectivity index (χ0n) is 13.1. The first-order valence-corrected chi connectivity index (χ1v) is 7.22. The molecule has 22 heavy (non-hydrogen) atoms. The molecule has 0 saturated carbocycles. The van der Waals surface area contributed by atoms with Gasteiger partial charge >= 0.3 is 12.0 Å². The van der Waals surface area contributed by atoms with E-state index in [1.807, 2.05) is 45.0 Å². The number of imide groups is 1. The zero-order chi connectivity index (χ0) is 16.5. The number of urea groups is 1. The highest BCUT2D eigenvalue weighted by Crippen LogP contribution is 2.08. The molecule has 1 atom stereocenters. The Morgan fingerprint density at radius 1 is 1.23 bits per heavy atom. The predicted octanol–water partition coefficient (Wildman–Crippen LogP) is 1.71. The summed E-state index contributed by atoms with van der Waals surface area (Å²) < 4.78 is 4.86. The number of benzene rings is 1. The lowest BCUT2D eigenvalue weighted by Crippen LogP contribution is -2.44. The zero-order valence-corrected chi connectivity index (χ0v) is 13.1. The van der Waals surface area contributed by atoms with Crippen molar-refractivity contribution in [1.82, 2.24) is 10.6 Å². The summed E-state index contributed by atoms with van der Waals surface area (Å²) in [6.07, 6.45) is 0.853. The SMILES string of the molecule is CC[C@@H](C)NC(=O)NC(=O)COC(=O)Cc1ccccc1C. The van der Waals surface area contributed by atoms with Crippen LogP contribution in [0.25, 0.3) is 0 Å². The second-order valence-corrected chi connectivity index (χ2v) is 5.09. The lowest BCUT2D eigenvalue weighted by Gasteiger charge is -2.12. The number of carbonyl (C=O) groups excluding carboxylic acids is 3. The number of ether oxygens (including phenoxy) is 1. The summed E-state index contributed by atoms with van der Waals surface area (Å²) in [7, 11) is 0. The van der Waals surface area contributed by atoms with Gasteiger partial charge in [-0.3, -0.25) is 14.9 Å². The molecule has 0 aliphatic heterocycles. The normalized spacial score (nSPS) is 11.4. The van der Waals surface area contributed by atoms with Gasteiger partial charge in [-0.1, -0.05) is 31.2 Å². The minimum atomic E-state index is -0.654. The van der Waals surface area contributed by atoms with Crippen molar-refractivity contribution in [1.29, 1.82) is 0 Å². The van der Waals surface area contributed by atoms with Gasteiger partial charge in [-0.2, -0.15) is 0 Å². The molecule has 6 heteroatoms. The van der Waals surface area contributed by atoms with Crippen molar-refractivity contribution in [2.75, 3.05) is 6.61 Å². The summed E-state index contributed by atoms with van der Waals surface area (Å²) in [5.74, 6) is -1.16. The molecule has 3 amide bonds. The van der Waals surface area contributed by atoms with Gasteiger partial charge in [-0.05, 0) is 31.4 Å². The van der Waals surface area contributed by atoms with E-state index < -0.39 is 24.5 Å². The maximum Gasteiger partial charge on any atom is 0.321 e. The number of hydrogen-bond donors (Lipinski definition) is 2. The van der Waals surface area contributed by atoms with Gasteiger partial charge in [-0.25, -0.2) is 4.79 Å². The average Bonchev–Trinajstić information content (AvgIpc) is 2.47. The second kappa shape index (κ2) is 8.81. The molecule has 6 nitrogen and oxygen atoms in total. The van der Waals surface area contributed by atoms with Crippen LogP contribution in [0.1, 0.15) is 31.4 Å². The first kappa shape index (κ1) is 17.7. The van der Waals surface area contributed by atoms with Crippen molar-refractivity contribution < 1.29 is 19.1 Å². The number of rotatable bonds is 6. The van der Waals surface area contributed by atoms with E-state index in [0.717, 1.165) is 17.5 Å². The Morgan fingerprint density at radius 2 is 1.91 bits per heavy atom. The third-order valence-electron chi connectivity index (χ3n) is 3.20. The molecule has 1 rings (SSSR count). The molecule has 0 aliphatic rings. The first-order valence-electron chi connectivity index (χ1n) is 7.22. The minimum absolute atomic E-state index is 0.0311. The van der Waals surface area contributed by atoms with E-state index in [-0.39, 0.29) is 12.5 Å². The highest BCUT2D eigenvalue weighted by molar-refractivity contribution is 5.95. The van der Waals surface area contributed by atoms with Crippen molar-refractivity contribution in [2.24, 2.45) is 0 Å². The van der Waals surface area contributed by atoms with E-state index in [2.05, 4.69) is 10.6 Å². The van der Waals surface area contributed by atoms with Crippen molar-refractivity contribution in [2.45, 2.75) is 39.7 Å². The van der Waals surface area contributed by atoms with Gasteiger partial charge in [0.15, 0.2) is 6.61 Å². The molecule has 1 aromatic rings. The minimum Gasteiger partial charge on any atom is -0.455 e. The predicted molar refractivity (Wildman–Crippen MR) is 82.3 cm³/mol. The van der Waals surface area contributed by atoms with Gasteiger partial charge in [0.25, 0.3) is 5.91 Å². The molecule has 0 bridgehead atoms. The molecule has 0 unspecified atom stereocenters. The lowest BCUT2D eigenvalue weighted by atomic mass is 10.1. The summed E-state index contributed by atoms with van der Waals surface area (Å²) in [6, 6.07) is 6.82. The smallest absolute Gasteiger partial charge is 0.321 e. The maximum absolute atomic E-state index is 11.7. The van der Waals surface area contributed by atoms with Crippen LogP contribution in [0, 0.1) is 6.92 Å². The number of hydrogen-bond acceptors (Lipinski definition) is 4. The largest absolute Gasteiger partial charge is 0.455 e. The van der Waals surface area contributed by atoms with Crippen LogP contribution in [-0.2, 0) is 20.7 Å². The van der Waals surface area contributed by atoms with Crippen molar-refractivity contribution in [3.05, 3.63) is 35.4 Å². The standard InChI is InChI=1S/C16H22N2O4/c1-4-12(3)17-16(21)18-14(19)10-22-15(20)9-13-8-6-5-7-11(13)2/h5-8,12H,4,9-10H2,1-3H3,(H2,17,18,19,21)/t12-/m1/s1. The third kappa shape index (κ3) is 6.39. The number of nitrogens with one attached hydrogen (secondary N) is 2. The Morgan fingerprint density at radius 3 is 2.55 bits per heavy atom. The van der Waals surface area contributed by atoms with Crippen LogP contribution in [-0.4, -0.2) is 30.6 Å². The Labute approximate surface area is 130 Å². The molecular weight excluding hydrogens is 284 g/mol. The van der Waals surface area contributed by atoms with E-state index in [0.29, 0.717) is 0 Å². The molecular formula is C16H22N2O4. The van der Waals surface area contributed by atoms with E-state index in [9.17, 15) is 14.4 Å². The van der Waals surface area contributed by atoms with Crippen molar-refractivity contribution in [3.8, 4) is 0 Å². The summed E-state index contributed by atoms with van der Waals surface area (Å²) in [4.78, 5) is 34.6. The van der Waals surface area contributed by atoms with Crippen molar-refractivity contribution in [3.63, 3.8) is 0 Å². The van der Waals surface area contributed by atoms with Gasteiger partial charge in [0.05, 0.1) is 6.42 Å². The van der Waals surface area contributed by atoms with Crippen LogP contribution >= 0.6 is 0 Å². The molecule has 0 spiro atoms. The number of carbonyl (C=O) groups is 3. The molecule has 1 aromatic carbocycles. The van der Waals surface area contributed by atoms with Gasteiger partial charge in [0.1, 0.15) is 0 Å². The second-order valence-electron chi connectivity index (χ2n) is 5.09. The fourth-order valence-corrected chi connectivity index (χ4v) is 1.69. The molecule has 0 fully saturated rings. The number of aryl methyl sites for hydroxylation is 1. The Hall–Kier alpha value is -2.37. The van der Waals surface area contributed by atoms with E-state index in [4.69, 9.17) is 4.74 Å². The van der Waals surface area contributed by atoms with E-state index in [1.165, 1.54) is 0 Å². The highest BCUT2D eigenvalue weighted by atomic mass is 16.5. The summed E-state index contributed by atoms with van der Waals surface area (Å²) >= 11 is 0.